The SMILES string of the molecule is CSC1CCCCN(c2nc(C(F)F)nc3ccccc23)C1. The number of hydrogen-bond donors (Lipinski definition) is 0. The van der Waals surface area contributed by atoms with Gasteiger partial charge in [0.15, 0.2) is 5.82 Å². The zero-order valence-electron chi connectivity index (χ0n) is 12.5. The summed E-state index contributed by atoms with van der Waals surface area (Å²) in [7, 11) is 0. The van der Waals surface area contributed by atoms with Crippen LogP contribution in [-0.4, -0.2) is 34.6 Å². The predicted molar refractivity (Wildman–Crippen MR) is 87.9 cm³/mol. The summed E-state index contributed by atoms with van der Waals surface area (Å²) in [5.41, 5.74) is 0.591. The van der Waals surface area contributed by atoms with E-state index in [0.717, 1.165) is 24.9 Å². The molecule has 1 aromatic heterocycles. The van der Waals surface area contributed by atoms with Gasteiger partial charge in [-0.25, -0.2) is 18.7 Å². The van der Waals surface area contributed by atoms with Crippen LogP contribution in [-0.2, 0) is 0 Å². The van der Waals surface area contributed by atoms with Crippen molar-refractivity contribution in [2.45, 2.75) is 30.9 Å². The van der Waals surface area contributed by atoms with Gasteiger partial charge in [-0.15, -0.1) is 0 Å². The van der Waals surface area contributed by atoms with Crippen molar-refractivity contribution < 1.29 is 8.78 Å². The third-order valence-electron chi connectivity index (χ3n) is 4.06. The second kappa shape index (κ2) is 6.77. The molecule has 1 fully saturated rings. The van der Waals surface area contributed by atoms with Crippen molar-refractivity contribution in [3.63, 3.8) is 0 Å². The minimum atomic E-state index is -2.65. The standard InChI is InChI=1S/C16H19F2N3S/c1-22-11-6-4-5-9-21(10-11)16-12-7-2-3-8-13(12)19-15(20-16)14(17)18/h2-3,7-8,11,14H,4-6,9-10H2,1H3. The molecule has 3 rings (SSSR count). The lowest BCUT2D eigenvalue weighted by Gasteiger charge is -2.26. The Morgan fingerprint density at radius 1 is 1.23 bits per heavy atom. The van der Waals surface area contributed by atoms with Crippen molar-refractivity contribution in [3.05, 3.63) is 30.1 Å². The summed E-state index contributed by atoms with van der Waals surface area (Å²) in [5.74, 6) is 0.278. The van der Waals surface area contributed by atoms with E-state index in [-0.39, 0.29) is 5.82 Å². The Hall–Kier alpha value is -1.43. The molecule has 0 spiro atoms. The molecule has 3 nitrogen and oxygen atoms in total. The molecule has 1 aromatic carbocycles. The molecule has 0 saturated carbocycles. The number of alkyl halides is 2. The highest BCUT2D eigenvalue weighted by atomic mass is 32.2. The topological polar surface area (TPSA) is 29.0 Å². The summed E-state index contributed by atoms with van der Waals surface area (Å²) in [5, 5.41) is 1.37. The van der Waals surface area contributed by atoms with Crippen LogP contribution in [0.4, 0.5) is 14.6 Å². The Morgan fingerprint density at radius 2 is 2.05 bits per heavy atom. The van der Waals surface area contributed by atoms with Gasteiger partial charge >= 0.3 is 0 Å². The fourth-order valence-electron chi connectivity index (χ4n) is 2.90. The van der Waals surface area contributed by atoms with E-state index in [9.17, 15) is 8.78 Å². The number of fused-ring (bicyclic) bond motifs is 1. The Morgan fingerprint density at radius 3 is 2.82 bits per heavy atom. The smallest absolute Gasteiger partial charge is 0.297 e. The van der Waals surface area contributed by atoms with Crippen LogP contribution >= 0.6 is 11.8 Å². The molecule has 22 heavy (non-hydrogen) atoms. The van der Waals surface area contributed by atoms with E-state index < -0.39 is 6.43 Å². The van der Waals surface area contributed by atoms with Gasteiger partial charge in [-0.3, -0.25) is 0 Å². The summed E-state index contributed by atoms with van der Waals surface area (Å²) >= 11 is 1.84. The van der Waals surface area contributed by atoms with Crippen molar-refractivity contribution in [3.8, 4) is 0 Å². The lowest BCUT2D eigenvalue weighted by Crippen LogP contribution is -2.30. The highest BCUT2D eigenvalue weighted by Crippen LogP contribution is 2.30. The number of nitrogens with zero attached hydrogens (tertiary/aromatic N) is 3. The summed E-state index contributed by atoms with van der Waals surface area (Å²) in [4.78, 5) is 10.3. The zero-order valence-corrected chi connectivity index (χ0v) is 13.3. The quantitative estimate of drug-likeness (QED) is 0.842. The molecule has 0 radical (unpaired) electrons. The van der Waals surface area contributed by atoms with Gasteiger partial charge in [-0.1, -0.05) is 18.6 Å². The molecular formula is C16H19F2N3S. The van der Waals surface area contributed by atoms with Gasteiger partial charge in [0.05, 0.1) is 5.52 Å². The molecule has 2 aromatic rings. The molecule has 0 amide bonds. The first-order valence-electron chi connectivity index (χ1n) is 7.51. The average Bonchev–Trinajstić information content (AvgIpc) is 2.79. The van der Waals surface area contributed by atoms with Crippen molar-refractivity contribution in [2.75, 3.05) is 24.2 Å². The summed E-state index contributed by atoms with van der Waals surface area (Å²) in [6.45, 7) is 1.71. The minimum absolute atomic E-state index is 0.376. The van der Waals surface area contributed by atoms with E-state index in [1.807, 2.05) is 30.0 Å². The van der Waals surface area contributed by atoms with Crippen molar-refractivity contribution in [1.29, 1.82) is 0 Å². The lowest BCUT2D eigenvalue weighted by molar-refractivity contribution is 0.141. The largest absolute Gasteiger partial charge is 0.355 e. The maximum atomic E-state index is 13.1. The first kappa shape index (κ1) is 15.5. The highest BCUT2D eigenvalue weighted by molar-refractivity contribution is 7.99. The molecule has 0 N–H and O–H groups in total. The van der Waals surface area contributed by atoms with Gasteiger partial charge in [0.2, 0.25) is 0 Å². The zero-order chi connectivity index (χ0) is 15.5. The van der Waals surface area contributed by atoms with Gasteiger partial charge < -0.3 is 4.90 Å². The van der Waals surface area contributed by atoms with E-state index in [1.54, 1.807) is 6.07 Å². The first-order chi connectivity index (χ1) is 10.7. The van der Waals surface area contributed by atoms with E-state index in [4.69, 9.17) is 0 Å². The van der Waals surface area contributed by atoms with E-state index in [0.29, 0.717) is 16.6 Å². The van der Waals surface area contributed by atoms with Gasteiger partial charge in [-0.2, -0.15) is 11.8 Å². The molecular weight excluding hydrogens is 304 g/mol. The van der Waals surface area contributed by atoms with E-state index in [1.165, 1.54) is 12.8 Å². The van der Waals surface area contributed by atoms with E-state index >= 15 is 0 Å². The number of para-hydroxylation sites is 1. The Labute approximate surface area is 133 Å². The number of rotatable bonds is 3. The third-order valence-corrected chi connectivity index (χ3v) is 5.11. The number of halogens is 2. The molecule has 1 aliphatic heterocycles. The van der Waals surface area contributed by atoms with Crippen LogP contribution in [0.2, 0.25) is 0 Å². The number of aromatic nitrogens is 2. The molecule has 1 atom stereocenters. The Bertz CT molecular complexity index is 650. The van der Waals surface area contributed by atoms with Crippen molar-refractivity contribution in [2.24, 2.45) is 0 Å². The normalized spacial score (nSPS) is 19.6. The Balaban J connectivity index is 2.07. The predicted octanol–water partition coefficient (Wildman–Crippen LogP) is 4.29. The van der Waals surface area contributed by atoms with Crippen LogP contribution < -0.4 is 4.90 Å². The van der Waals surface area contributed by atoms with Gasteiger partial charge in [0.25, 0.3) is 6.43 Å². The average molecular weight is 323 g/mol. The molecule has 1 aliphatic rings. The number of thioether (sulfide) groups is 1. The maximum absolute atomic E-state index is 13.1. The second-order valence-corrected chi connectivity index (χ2v) is 6.66. The summed E-state index contributed by atoms with van der Waals surface area (Å²) < 4.78 is 26.2. The first-order valence-corrected chi connectivity index (χ1v) is 8.80. The second-order valence-electron chi connectivity index (χ2n) is 5.52. The van der Waals surface area contributed by atoms with Gasteiger partial charge in [0.1, 0.15) is 5.82 Å². The van der Waals surface area contributed by atoms with Crippen LogP contribution in [0, 0.1) is 0 Å². The highest BCUT2D eigenvalue weighted by Gasteiger charge is 2.22. The minimum Gasteiger partial charge on any atom is -0.355 e. The molecule has 118 valence electrons. The number of hydrogen-bond acceptors (Lipinski definition) is 4. The van der Waals surface area contributed by atoms with Gasteiger partial charge in [0, 0.05) is 23.7 Å². The lowest BCUT2D eigenvalue weighted by atomic mass is 10.2. The van der Waals surface area contributed by atoms with Crippen molar-refractivity contribution >= 4 is 28.5 Å². The molecule has 0 aliphatic carbocycles. The Kier molecular flexibility index (Phi) is 4.76. The fraction of sp³-hybridized carbons (Fsp3) is 0.500. The van der Waals surface area contributed by atoms with Crippen LogP contribution in [0.1, 0.15) is 31.5 Å². The monoisotopic (exact) mass is 323 g/mol. The van der Waals surface area contributed by atoms with Crippen molar-refractivity contribution in [1.82, 2.24) is 9.97 Å². The molecule has 1 unspecified atom stereocenters. The molecule has 0 bridgehead atoms. The summed E-state index contributed by atoms with van der Waals surface area (Å²) in [6.07, 6.45) is 2.87. The number of anilines is 1. The maximum Gasteiger partial charge on any atom is 0.297 e. The van der Waals surface area contributed by atoms with Crippen LogP contribution in [0.15, 0.2) is 24.3 Å². The fourth-order valence-corrected chi connectivity index (χ4v) is 3.64. The van der Waals surface area contributed by atoms with Crippen LogP contribution in [0.25, 0.3) is 10.9 Å². The van der Waals surface area contributed by atoms with E-state index in [2.05, 4.69) is 21.1 Å². The molecule has 1 saturated heterocycles. The number of benzene rings is 1. The van der Waals surface area contributed by atoms with Crippen LogP contribution in [0.3, 0.4) is 0 Å². The van der Waals surface area contributed by atoms with Gasteiger partial charge in [-0.05, 0) is 31.2 Å². The summed E-state index contributed by atoms with van der Waals surface area (Å²) in [6, 6.07) is 7.41. The van der Waals surface area contributed by atoms with Crippen LogP contribution in [0.5, 0.6) is 0 Å². The molecule has 6 heteroatoms. The third kappa shape index (κ3) is 3.16. The molecule has 2 heterocycles.